The molecule has 1 N–H and O–H groups in total. The maximum atomic E-state index is 13.0. The molecular weight excluding hydrogens is 474 g/mol. The van der Waals surface area contributed by atoms with Gasteiger partial charge in [-0.15, -0.1) is 0 Å². The number of hydrogen-bond acceptors (Lipinski definition) is 5. The van der Waals surface area contributed by atoms with Crippen molar-refractivity contribution in [2.24, 2.45) is 0 Å². The van der Waals surface area contributed by atoms with Gasteiger partial charge in [-0.3, -0.25) is 0 Å². The summed E-state index contributed by atoms with van der Waals surface area (Å²) in [4.78, 5) is 11.9. The molecule has 2 aromatic carbocycles. The van der Waals surface area contributed by atoms with Gasteiger partial charge in [0.25, 0.3) is 0 Å². The molecule has 0 spiro atoms. The van der Waals surface area contributed by atoms with Crippen LogP contribution in [0.4, 0.5) is 4.79 Å². The SMILES string of the molecule is CCCCCCCCCCCCCCCCNS(=O)(=O)c1ccc(OC(=O)OCC)c2ccccc12. The molecule has 0 amide bonds. The number of carbonyl (C=O) groups excluding carboxylic acids is 1. The number of sulfonamides is 1. The number of unbranched alkanes of at least 4 members (excludes halogenated alkanes) is 13. The highest BCUT2D eigenvalue weighted by Crippen LogP contribution is 2.31. The van der Waals surface area contributed by atoms with Gasteiger partial charge in [-0.05, 0) is 25.5 Å². The van der Waals surface area contributed by atoms with Gasteiger partial charge in [-0.25, -0.2) is 17.9 Å². The van der Waals surface area contributed by atoms with Crippen molar-refractivity contribution in [3.63, 3.8) is 0 Å². The van der Waals surface area contributed by atoms with Crippen molar-refractivity contribution in [2.75, 3.05) is 13.2 Å². The average molecular weight is 520 g/mol. The van der Waals surface area contributed by atoms with Crippen LogP contribution in [0.3, 0.4) is 0 Å². The van der Waals surface area contributed by atoms with Gasteiger partial charge in [-0.2, -0.15) is 0 Å². The fourth-order valence-electron chi connectivity index (χ4n) is 4.41. The predicted molar refractivity (Wildman–Crippen MR) is 147 cm³/mol. The minimum atomic E-state index is -3.68. The summed E-state index contributed by atoms with van der Waals surface area (Å²) in [6.45, 7) is 4.56. The van der Waals surface area contributed by atoms with Gasteiger partial charge >= 0.3 is 6.16 Å². The molecule has 36 heavy (non-hydrogen) atoms. The largest absolute Gasteiger partial charge is 0.513 e. The minimum Gasteiger partial charge on any atom is -0.434 e. The first kappa shape index (κ1) is 30.1. The van der Waals surface area contributed by atoms with Crippen molar-refractivity contribution in [3.8, 4) is 5.75 Å². The first-order chi connectivity index (χ1) is 17.5. The Hall–Kier alpha value is -2.12. The summed E-state index contributed by atoms with van der Waals surface area (Å²) in [7, 11) is -3.68. The molecular formula is C29H45NO5S. The zero-order chi connectivity index (χ0) is 26.1. The molecule has 0 aliphatic carbocycles. The molecule has 7 heteroatoms. The summed E-state index contributed by atoms with van der Waals surface area (Å²) >= 11 is 0. The highest BCUT2D eigenvalue weighted by atomic mass is 32.2. The molecule has 0 fully saturated rings. The molecule has 0 radical (unpaired) electrons. The third kappa shape index (κ3) is 10.9. The maximum Gasteiger partial charge on any atom is 0.513 e. The maximum absolute atomic E-state index is 13.0. The Morgan fingerprint density at radius 1 is 0.722 bits per heavy atom. The quantitative estimate of drug-likeness (QED) is 0.115. The van der Waals surface area contributed by atoms with E-state index < -0.39 is 16.2 Å². The second kappa shape index (κ2) is 17.4. The average Bonchev–Trinajstić information content (AvgIpc) is 2.86. The van der Waals surface area contributed by atoms with E-state index in [1.165, 1.54) is 82.8 Å². The molecule has 0 heterocycles. The number of carbonyl (C=O) groups is 1. The lowest BCUT2D eigenvalue weighted by Gasteiger charge is -2.12. The number of benzene rings is 2. The second-order valence-corrected chi connectivity index (χ2v) is 11.1. The van der Waals surface area contributed by atoms with Crippen molar-refractivity contribution < 1.29 is 22.7 Å². The fraction of sp³-hybridized carbons (Fsp3) is 0.621. The number of fused-ring (bicyclic) bond motifs is 1. The van der Waals surface area contributed by atoms with Crippen LogP contribution in [0, 0.1) is 0 Å². The van der Waals surface area contributed by atoms with E-state index in [4.69, 9.17) is 9.47 Å². The van der Waals surface area contributed by atoms with Crippen LogP contribution in [-0.4, -0.2) is 27.7 Å². The molecule has 0 saturated heterocycles. The summed E-state index contributed by atoms with van der Waals surface area (Å²) in [6.07, 6.45) is 16.9. The molecule has 6 nitrogen and oxygen atoms in total. The Morgan fingerprint density at radius 2 is 1.25 bits per heavy atom. The van der Waals surface area contributed by atoms with Crippen LogP contribution in [0.5, 0.6) is 5.75 Å². The van der Waals surface area contributed by atoms with Crippen LogP contribution in [0.25, 0.3) is 10.8 Å². The molecule has 0 bridgehead atoms. The van der Waals surface area contributed by atoms with E-state index in [2.05, 4.69) is 11.6 Å². The summed E-state index contributed by atoms with van der Waals surface area (Å²) in [6, 6.07) is 9.97. The Balaban J connectivity index is 1.68. The van der Waals surface area contributed by atoms with Crippen LogP contribution >= 0.6 is 0 Å². The third-order valence-corrected chi connectivity index (χ3v) is 7.93. The van der Waals surface area contributed by atoms with E-state index in [0.717, 1.165) is 19.3 Å². The second-order valence-electron chi connectivity index (χ2n) is 9.39. The lowest BCUT2D eigenvalue weighted by atomic mass is 10.0. The molecule has 202 valence electrons. The highest BCUT2D eigenvalue weighted by molar-refractivity contribution is 7.89. The number of nitrogens with one attached hydrogen (secondary N) is 1. The lowest BCUT2D eigenvalue weighted by molar-refractivity contribution is 0.105. The Labute approximate surface area is 218 Å². The van der Waals surface area contributed by atoms with Gasteiger partial charge in [0, 0.05) is 17.3 Å². The van der Waals surface area contributed by atoms with Gasteiger partial charge in [0.1, 0.15) is 5.75 Å². The van der Waals surface area contributed by atoms with Crippen LogP contribution in [-0.2, 0) is 14.8 Å². The van der Waals surface area contributed by atoms with E-state index in [9.17, 15) is 13.2 Å². The van der Waals surface area contributed by atoms with E-state index >= 15 is 0 Å². The molecule has 2 rings (SSSR count). The summed E-state index contributed by atoms with van der Waals surface area (Å²) in [5, 5.41) is 1.05. The summed E-state index contributed by atoms with van der Waals surface area (Å²) in [5.41, 5.74) is 0. The molecule has 0 saturated carbocycles. The number of hydrogen-bond donors (Lipinski definition) is 1. The molecule has 0 atom stereocenters. The van der Waals surface area contributed by atoms with E-state index in [1.54, 1.807) is 31.2 Å². The third-order valence-electron chi connectivity index (χ3n) is 6.41. The van der Waals surface area contributed by atoms with Gasteiger partial charge in [-0.1, -0.05) is 115 Å². The molecule has 2 aromatic rings. The Morgan fingerprint density at radius 3 is 1.81 bits per heavy atom. The zero-order valence-corrected chi connectivity index (χ0v) is 23.0. The lowest BCUT2D eigenvalue weighted by Crippen LogP contribution is -2.25. The van der Waals surface area contributed by atoms with Crippen LogP contribution in [0.15, 0.2) is 41.3 Å². The molecule has 0 aliphatic heterocycles. The molecule has 0 aliphatic rings. The van der Waals surface area contributed by atoms with Crippen LogP contribution in [0.2, 0.25) is 0 Å². The normalized spacial score (nSPS) is 11.6. The van der Waals surface area contributed by atoms with Crippen LogP contribution < -0.4 is 9.46 Å². The van der Waals surface area contributed by atoms with Crippen molar-refractivity contribution in [2.45, 2.75) is 109 Å². The van der Waals surface area contributed by atoms with Crippen molar-refractivity contribution in [3.05, 3.63) is 36.4 Å². The molecule has 0 aromatic heterocycles. The first-order valence-corrected chi connectivity index (χ1v) is 15.3. The van der Waals surface area contributed by atoms with E-state index in [-0.39, 0.29) is 17.3 Å². The predicted octanol–water partition coefficient (Wildman–Crippen LogP) is 8.13. The van der Waals surface area contributed by atoms with E-state index in [0.29, 0.717) is 17.3 Å². The van der Waals surface area contributed by atoms with Crippen molar-refractivity contribution >= 4 is 27.0 Å². The van der Waals surface area contributed by atoms with Gasteiger partial charge in [0.15, 0.2) is 0 Å². The van der Waals surface area contributed by atoms with Crippen molar-refractivity contribution in [1.29, 1.82) is 0 Å². The highest BCUT2D eigenvalue weighted by Gasteiger charge is 2.19. The summed E-state index contributed by atoms with van der Waals surface area (Å²) < 4.78 is 38.8. The van der Waals surface area contributed by atoms with Crippen LogP contribution in [0.1, 0.15) is 104 Å². The van der Waals surface area contributed by atoms with Gasteiger partial charge in [0.05, 0.1) is 11.5 Å². The van der Waals surface area contributed by atoms with Gasteiger partial charge < -0.3 is 9.47 Å². The zero-order valence-electron chi connectivity index (χ0n) is 22.2. The first-order valence-electron chi connectivity index (χ1n) is 13.9. The van der Waals surface area contributed by atoms with Crippen molar-refractivity contribution in [1.82, 2.24) is 4.72 Å². The topological polar surface area (TPSA) is 81.7 Å². The molecule has 0 unspecified atom stereocenters. The number of rotatable bonds is 19. The van der Waals surface area contributed by atoms with Gasteiger partial charge in [0.2, 0.25) is 10.0 Å². The summed E-state index contributed by atoms with van der Waals surface area (Å²) in [5.74, 6) is 0.273. The Kier molecular flexibility index (Phi) is 14.5. The monoisotopic (exact) mass is 519 g/mol. The fourth-order valence-corrected chi connectivity index (χ4v) is 5.69. The smallest absolute Gasteiger partial charge is 0.434 e. The van der Waals surface area contributed by atoms with E-state index in [1.807, 2.05) is 0 Å². The number of ether oxygens (including phenoxy) is 2. The minimum absolute atomic E-state index is 0.180. The Bertz CT molecular complexity index is 1010. The standard InChI is InChI=1S/C29H45NO5S/c1-3-5-6-7-8-9-10-11-12-13-14-15-16-19-24-30-36(32,33)28-23-22-27(35-29(31)34-4-2)25-20-17-18-21-26(25)28/h17-18,20-23,30H,3-16,19,24H2,1-2H3.